The number of amides is 1. The summed E-state index contributed by atoms with van der Waals surface area (Å²) < 4.78 is 6.07. The first kappa shape index (κ1) is 15.0. The van der Waals surface area contributed by atoms with E-state index in [9.17, 15) is 9.59 Å². The summed E-state index contributed by atoms with van der Waals surface area (Å²) in [4.78, 5) is 23.3. The third-order valence-corrected chi connectivity index (χ3v) is 2.70. The van der Waals surface area contributed by atoms with Gasteiger partial charge in [0.2, 0.25) is 0 Å². The highest BCUT2D eigenvalue weighted by molar-refractivity contribution is 6.31. The molecule has 110 valence electrons. The highest BCUT2D eigenvalue weighted by Crippen LogP contribution is 2.12. The fraction of sp³-hybridized carbons (Fsp3) is 0.231. The number of carbonyl (C=O) groups excluding carboxylic acids is 2. The second-order valence-corrected chi connectivity index (χ2v) is 4.51. The number of hydrogen-bond acceptors (Lipinski definition) is 5. The number of aromatic nitrogens is 3. The van der Waals surface area contributed by atoms with E-state index < -0.39 is 5.97 Å². The molecule has 0 atom stereocenters. The predicted octanol–water partition coefficient (Wildman–Crippen LogP) is 1.75. The quantitative estimate of drug-likeness (QED) is 0.850. The first-order valence-electron chi connectivity index (χ1n) is 6.21. The maximum Gasteiger partial charge on any atom is 0.327 e. The molecule has 0 unspecified atom stereocenters. The van der Waals surface area contributed by atoms with Gasteiger partial charge in [0.1, 0.15) is 6.54 Å². The molecule has 7 nitrogen and oxygen atoms in total. The second kappa shape index (κ2) is 6.85. The molecule has 0 aliphatic carbocycles. The van der Waals surface area contributed by atoms with Crippen molar-refractivity contribution in [1.29, 1.82) is 0 Å². The monoisotopic (exact) mass is 308 g/mol. The topological polar surface area (TPSA) is 86.1 Å². The molecule has 0 bridgehead atoms. The fourth-order valence-electron chi connectivity index (χ4n) is 1.59. The summed E-state index contributed by atoms with van der Waals surface area (Å²) in [5, 5.41) is 10.5. The van der Waals surface area contributed by atoms with E-state index in [4.69, 9.17) is 16.3 Å². The van der Waals surface area contributed by atoms with E-state index in [1.807, 2.05) is 0 Å². The zero-order valence-electron chi connectivity index (χ0n) is 11.2. The van der Waals surface area contributed by atoms with E-state index in [-0.39, 0.29) is 18.3 Å². The Morgan fingerprint density at radius 3 is 2.95 bits per heavy atom. The minimum absolute atomic E-state index is 0.0616. The lowest BCUT2D eigenvalue weighted by molar-refractivity contribution is -0.144. The van der Waals surface area contributed by atoms with Crippen LogP contribution in [0, 0.1) is 0 Å². The van der Waals surface area contributed by atoms with Crippen molar-refractivity contribution in [2.24, 2.45) is 0 Å². The lowest BCUT2D eigenvalue weighted by atomic mass is 10.2. The minimum atomic E-state index is -0.421. The van der Waals surface area contributed by atoms with Crippen molar-refractivity contribution >= 4 is 29.3 Å². The molecular formula is C13H13ClN4O3. The highest BCUT2D eigenvalue weighted by Gasteiger charge is 2.10. The van der Waals surface area contributed by atoms with Crippen molar-refractivity contribution in [1.82, 2.24) is 15.0 Å². The van der Waals surface area contributed by atoms with Gasteiger partial charge in [0.25, 0.3) is 5.91 Å². The molecule has 1 heterocycles. The number of rotatable bonds is 5. The molecule has 2 rings (SSSR count). The van der Waals surface area contributed by atoms with Crippen LogP contribution in [-0.4, -0.2) is 33.5 Å². The van der Waals surface area contributed by atoms with Gasteiger partial charge in [-0.15, -0.1) is 5.10 Å². The van der Waals surface area contributed by atoms with Crippen molar-refractivity contribution in [3.05, 3.63) is 41.0 Å². The Morgan fingerprint density at radius 2 is 2.24 bits per heavy atom. The third kappa shape index (κ3) is 4.28. The van der Waals surface area contributed by atoms with Gasteiger partial charge in [-0.3, -0.25) is 9.59 Å². The van der Waals surface area contributed by atoms with E-state index in [2.05, 4.69) is 15.6 Å². The van der Waals surface area contributed by atoms with Crippen LogP contribution in [0.4, 0.5) is 5.82 Å². The second-order valence-electron chi connectivity index (χ2n) is 4.07. The lowest BCUT2D eigenvalue weighted by Crippen LogP contribution is -2.14. The summed E-state index contributed by atoms with van der Waals surface area (Å²) >= 11 is 5.82. The molecule has 0 radical (unpaired) electrons. The molecule has 1 N–H and O–H groups in total. The molecule has 0 saturated heterocycles. The summed E-state index contributed by atoms with van der Waals surface area (Å²) in [6, 6.07) is 6.52. The summed E-state index contributed by atoms with van der Waals surface area (Å²) in [7, 11) is 0. The molecule has 0 saturated carbocycles. The lowest BCUT2D eigenvalue weighted by Gasteiger charge is -2.02. The molecule has 8 heteroatoms. The van der Waals surface area contributed by atoms with Gasteiger partial charge in [-0.2, -0.15) is 0 Å². The van der Waals surface area contributed by atoms with Crippen LogP contribution in [0.5, 0.6) is 0 Å². The number of halogens is 1. The van der Waals surface area contributed by atoms with Crippen molar-refractivity contribution in [3.63, 3.8) is 0 Å². The SMILES string of the molecule is CCOC(=O)Cn1cc(NC(=O)c2cccc(Cl)c2)nn1. The van der Waals surface area contributed by atoms with E-state index in [1.165, 1.54) is 10.9 Å². The average Bonchev–Trinajstić information content (AvgIpc) is 2.86. The smallest absolute Gasteiger partial charge is 0.327 e. The number of ether oxygens (including phenoxy) is 1. The van der Waals surface area contributed by atoms with Crippen molar-refractivity contribution in [2.75, 3.05) is 11.9 Å². The van der Waals surface area contributed by atoms with Crippen LogP contribution >= 0.6 is 11.6 Å². The van der Waals surface area contributed by atoms with Crippen molar-refractivity contribution in [3.8, 4) is 0 Å². The van der Waals surface area contributed by atoms with Gasteiger partial charge in [-0.05, 0) is 25.1 Å². The standard InChI is InChI=1S/C13H13ClN4O3/c1-2-21-12(19)8-18-7-11(16-17-18)15-13(20)9-4-3-5-10(14)6-9/h3-7H,2,8H2,1H3,(H,15,20). The Labute approximate surface area is 125 Å². The van der Waals surface area contributed by atoms with Crippen LogP contribution < -0.4 is 5.32 Å². The molecule has 1 aromatic carbocycles. The van der Waals surface area contributed by atoms with Gasteiger partial charge in [-0.1, -0.05) is 22.9 Å². The number of nitrogens with one attached hydrogen (secondary N) is 1. The number of carbonyl (C=O) groups is 2. The summed E-state index contributed by atoms with van der Waals surface area (Å²) in [5.41, 5.74) is 0.405. The molecule has 0 aliphatic rings. The average molecular weight is 309 g/mol. The Bertz CT molecular complexity index is 656. The zero-order valence-corrected chi connectivity index (χ0v) is 12.0. The summed E-state index contributed by atoms with van der Waals surface area (Å²) in [6.07, 6.45) is 1.44. The number of anilines is 1. The maximum atomic E-state index is 12.0. The molecule has 0 fully saturated rings. The largest absolute Gasteiger partial charge is 0.465 e. The van der Waals surface area contributed by atoms with E-state index in [1.54, 1.807) is 31.2 Å². The number of esters is 1. The van der Waals surface area contributed by atoms with Crippen LogP contribution in [0.1, 0.15) is 17.3 Å². The third-order valence-electron chi connectivity index (χ3n) is 2.46. The maximum absolute atomic E-state index is 12.0. The van der Waals surface area contributed by atoms with Gasteiger partial charge in [0.15, 0.2) is 5.82 Å². The van der Waals surface area contributed by atoms with Gasteiger partial charge >= 0.3 is 5.97 Å². The Morgan fingerprint density at radius 1 is 1.43 bits per heavy atom. The first-order valence-corrected chi connectivity index (χ1v) is 6.59. The number of hydrogen-bond donors (Lipinski definition) is 1. The molecule has 1 aromatic heterocycles. The van der Waals surface area contributed by atoms with E-state index in [0.717, 1.165) is 0 Å². The summed E-state index contributed by atoms with van der Waals surface area (Å²) in [5.74, 6) is -0.542. The Balaban J connectivity index is 1.99. The number of nitrogens with zero attached hydrogens (tertiary/aromatic N) is 3. The zero-order chi connectivity index (χ0) is 15.2. The van der Waals surface area contributed by atoms with Crippen LogP contribution in [0.15, 0.2) is 30.5 Å². The van der Waals surface area contributed by atoms with Gasteiger partial charge < -0.3 is 10.1 Å². The van der Waals surface area contributed by atoms with Crippen molar-refractivity contribution in [2.45, 2.75) is 13.5 Å². The Kier molecular flexibility index (Phi) is 4.89. The molecule has 21 heavy (non-hydrogen) atoms. The van der Waals surface area contributed by atoms with Gasteiger partial charge in [-0.25, -0.2) is 4.68 Å². The molecule has 2 aromatic rings. The van der Waals surface area contributed by atoms with Crippen LogP contribution in [0.25, 0.3) is 0 Å². The first-order chi connectivity index (χ1) is 10.1. The molecule has 0 aliphatic heterocycles. The van der Waals surface area contributed by atoms with Crippen molar-refractivity contribution < 1.29 is 14.3 Å². The highest BCUT2D eigenvalue weighted by atomic mass is 35.5. The Hall–Kier alpha value is -2.41. The van der Waals surface area contributed by atoms with E-state index in [0.29, 0.717) is 17.2 Å². The van der Waals surface area contributed by atoms with Gasteiger partial charge in [0, 0.05) is 10.6 Å². The molecule has 1 amide bonds. The minimum Gasteiger partial charge on any atom is -0.465 e. The fourth-order valence-corrected chi connectivity index (χ4v) is 1.78. The normalized spacial score (nSPS) is 10.2. The number of benzene rings is 1. The van der Waals surface area contributed by atoms with Crippen LogP contribution in [0.3, 0.4) is 0 Å². The van der Waals surface area contributed by atoms with Crippen LogP contribution in [0.2, 0.25) is 5.02 Å². The van der Waals surface area contributed by atoms with E-state index >= 15 is 0 Å². The summed E-state index contributed by atoms with van der Waals surface area (Å²) in [6.45, 7) is 1.95. The molecular weight excluding hydrogens is 296 g/mol. The predicted molar refractivity (Wildman–Crippen MR) is 76.1 cm³/mol. The van der Waals surface area contributed by atoms with Crippen LogP contribution in [-0.2, 0) is 16.1 Å². The van der Waals surface area contributed by atoms with Gasteiger partial charge in [0.05, 0.1) is 12.8 Å². The molecule has 0 spiro atoms.